The molecule has 0 saturated heterocycles. The molecule has 26 heavy (non-hydrogen) atoms. The van der Waals surface area contributed by atoms with Gasteiger partial charge in [0.05, 0.1) is 18.1 Å². The SMILES string of the molecule is COC(=O)Nc1nc2ccc(S(=O)(=O)Oc3ccc(Cl)cc3C)cc2[nH]1. The van der Waals surface area contributed by atoms with E-state index in [1.807, 2.05) is 0 Å². The third-order valence-corrected chi connectivity index (χ3v) is 4.95. The number of carbonyl (C=O) groups is 1. The number of nitrogens with one attached hydrogen (secondary N) is 2. The predicted molar refractivity (Wildman–Crippen MR) is 96.1 cm³/mol. The van der Waals surface area contributed by atoms with Crippen molar-refractivity contribution in [3.05, 3.63) is 47.0 Å². The Labute approximate surface area is 154 Å². The zero-order valence-corrected chi connectivity index (χ0v) is 15.3. The van der Waals surface area contributed by atoms with Crippen molar-refractivity contribution in [3.8, 4) is 5.75 Å². The fourth-order valence-corrected chi connectivity index (χ4v) is 3.47. The molecule has 0 aliphatic carbocycles. The summed E-state index contributed by atoms with van der Waals surface area (Å²) in [5.74, 6) is 0.322. The molecule has 2 N–H and O–H groups in total. The first-order chi connectivity index (χ1) is 12.3. The number of aromatic amines is 1. The summed E-state index contributed by atoms with van der Waals surface area (Å²) in [5.41, 5.74) is 1.47. The van der Waals surface area contributed by atoms with E-state index in [0.717, 1.165) is 0 Å². The van der Waals surface area contributed by atoms with Crippen LogP contribution in [0, 0.1) is 6.92 Å². The van der Waals surface area contributed by atoms with Crippen LogP contribution in [-0.2, 0) is 14.9 Å². The number of methoxy groups -OCH3 is 1. The zero-order chi connectivity index (χ0) is 18.9. The van der Waals surface area contributed by atoms with E-state index in [-0.39, 0.29) is 16.6 Å². The summed E-state index contributed by atoms with van der Waals surface area (Å²) in [6.45, 7) is 1.69. The first kappa shape index (κ1) is 18.0. The predicted octanol–water partition coefficient (Wildman–Crippen LogP) is 3.47. The van der Waals surface area contributed by atoms with Crippen LogP contribution in [0.5, 0.6) is 5.75 Å². The van der Waals surface area contributed by atoms with Crippen LogP contribution in [0.3, 0.4) is 0 Å². The molecule has 3 rings (SSSR count). The van der Waals surface area contributed by atoms with E-state index in [2.05, 4.69) is 20.0 Å². The molecule has 10 heteroatoms. The van der Waals surface area contributed by atoms with Crippen molar-refractivity contribution in [1.82, 2.24) is 9.97 Å². The lowest BCUT2D eigenvalue weighted by molar-refractivity contribution is 0.186. The number of aryl methyl sites for hydroxylation is 1. The fourth-order valence-electron chi connectivity index (χ4n) is 2.22. The van der Waals surface area contributed by atoms with Gasteiger partial charge in [0.25, 0.3) is 0 Å². The van der Waals surface area contributed by atoms with Gasteiger partial charge in [-0.25, -0.2) is 9.78 Å². The minimum absolute atomic E-state index is 0.0624. The highest BCUT2D eigenvalue weighted by molar-refractivity contribution is 7.87. The molecule has 0 radical (unpaired) electrons. The lowest BCUT2D eigenvalue weighted by Crippen LogP contribution is -2.11. The number of anilines is 1. The number of hydrogen-bond acceptors (Lipinski definition) is 6. The average Bonchev–Trinajstić information content (AvgIpc) is 2.98. The maximum absolute atomic E-state index is 12.5. The van der Waals surface area contributed by atoms with Gasteiger partial charge in [0.1, 0.15) is 10.6 Å². The number of rotatable bonds is 4. The number of nitrogens with zero attached hydrogens (tertiary/aromatic N) is 1. The van der Waals surface area contributed by atoms with Crippen LogP contribution in [0.2, 0.25) is 5.02 Å². The molecule has 0 fully saturated rings. The quantitative estimate of drug-likeness (QED) is 0.654. The van der Waals surface area contributed by atoms with Crippen molar-refractivity contribution >= 4 is 44.8 Å². The largest absolute Gasteiger partial charge is 0.453 e. The molecule has 0 bridgehead atoms. The number of carbonyl (C=O) groups excluding carboxylic acids is 1. The zero-order valence-electron chi connectivity index (χ0n) is 13.7. The van der Waals surface area contributed by atoms with Gasteiger partial charge < -0.3 is 13.9 Å². The standard InChI is InChI=1S/C16H14ClN3O5S/c1-9-7-10(17)3-6-14(9)25-26(22,23)11-4-5-12-13(8-11)19-15(18-12)20-16(21)24-2/h3-8H,1-2H3,(H2,18,19,20,21). The summed E-state index contributed by atoms with van der Waals surface area (Å²) >= 11 is 5.86. The van der Waals surface area contributed by atoms with Gasteiger partial charge in [-0.1, -0.05) is 11.6 Å². The Morgan fingerprint density at radius 3 is 2.69 bits per heavy atom. The molecule has 0 unspecified atom stereocenters. The van der Waals surface area contributed by atoms with Gasteiger partial charge in [-0.05, 0) is 48.9 Å². The van der Waals surface area contributed by atoms with Crippen molar-refractivity contribution < 1.29 is 22.1 Å². The Bertz CT molecular complexity index is 1090. The molecule has 1 aromatic heterocycles. The van der Waals surface area contributed by atoms with Crippen molar-refractivity contribution in [2.45, 2.75) is 11.8 Å². The second-order valence-corrected chi connectivity index (χ2v) is 7.31. The lowest BCUT2D eigenvalue weighted by Gasteiger charge is -2.09. The van der Waals surface area contributed by atoms with Gasteiger partial charge in [-0.2, -0.15) is 8.42 Å². The summed E-state index contributed by atoms with van der Waals surface area (Å²) < 4.78 is 34.7. The number of fused-ring (bicyclic) bond motifs is 1. The van der Waals surface area contributed by atoms with Crippen LogP contribution < -0.4 is 9.50 Å². The molecule has 3 aromatic rings. The molecule has 0 atom stereocenters. The summed E-state index contributed by atoms with van der Waals surface area (Å²) in [5, 5.41) is 2.85. The second-order valence-electron chi connectivity index (χ2n) is 5.33. The minimum atomic E-state index is -4.06. The van der Waals surface area contributed by atoms with Crippen LogP contribution in [-0.4, -0.2) is 31.6 Å². The van der Waals surface area contributed by atoms with Crippen molar-refractivity contribution in [2.24, 2.45) is 0 Å². The van der Waals surface area contributed by atoms with Crippen LogP contribution in [0.15, 0.2) is 41.3 Å². The number of ether oxygens (including phenoxy) is 1. The highest BCUT2D eigenvalue weighted by Crippen LogP contribution is 2.26. The van der Waals surface area contributed by atoms with Crippen LogP contribution in [0.4, 0.5) is 10.7 Å². The smallest absolute Gasteiger partial charge is 0.413 e. The minimum Gasteiger partial charge on any atom is -0.453 e. The molecule has 0 spiro atoms. The number of hydrogen-bond donors (Lipinski definition) is 2. The first-order valence-corrected chi connectivity index (χ1v) is 9.12. The van der Waals surface area contributed by atoms with Gasteiger partial charge >= 0.3 is 16.2 Å². The average molecular weight is 396 g/mol. The molecule has 136 valence electrons. The van der Waals surface area contributed by atoms with Gasteiger partial charge in [0.15, 0.2) is 0 Å². The summed E-state index contributed by atoms with van der Waals surface area (Å²) in [7, 11) is -2.84. The Hall–Kier alpha value is -2.78. The van der Waals surface area contributed by atoms with Gasteiger partial charge in [0, 0.05) is 5.02 Å². The molecule has 0 aliphatic heterocycles. The van der Waals surface area contributed by atoms with E-state index in [1.165, 1.54) is 31.4 Å². The third-order valence-electron chi connectivity index (χ3n) is 3.48. The maximum atomic E-state index is 12.5. The number of amides is 1. The van der Waals surface area contributed by atoms with Gasteiger partial charge in [-0.3, -0.25) is 5.32 Å². The molecular formula is C16H14ClN3O5S. The number of aromatic nitrogens is 2. The van der Waals surface area contributed by atoms with Crippen LogP contribution in [0.1, 0.15) is 5.56 Å². The molecule has 8 nitrogen and oxygen atoms in total. The Balaban J connectivity index is 1.91. The highest BCUT2D eigenvalue weighted by Gasteiger charge is 2.19. The summed E-state index contributed by atoms with van der Waals surface area (Å²) in [6.07, 6.45) is -0.696. The number of halogens is 1. The van der Waals surface area contributed by atoms with Crippen molar-refractivity contribution in [2.75, 3.05) is 12.4 Å². The molecule has 1 amide bonds. The van der Waals surface area contributed by atoms with Crippen molar-refractivity contribution in [3.63, 3.8) is 0 Å². The topological polar surface area (TPSA) is 110 Å². The van der Waals surface area contributed by atoms with Gasteiger partial charge in [-0.15, -0.1) is 0 Å². The van der Waals surface area contributed by atoms with E-state index >= 15 is 0 Å². The Morgan fingerprint density at radius 1 is 1.23 bits per heavy atom. The van der Waals surface area contributed by atoms with Crippen LogP contribution >= 0.6 is 11.6 Å². The van der Waals surface area contributed by atoms with E-state index < -0.39 is 16.2 Å². The molecule has 0 saturated carbocycles. The lowest BCUT2D eigenvalue weighted by atomic mass is 10.2. The molecule has 1 heterocycles. The normalized spacial score (nSPS) is 11.3. The monoisotopic (exact) mass is 395 g/mol. The second kappa shape index (κ2) is 6.85. The molecule has 2 aromatic carbocycles. The van der Waals surface area contributed by atoms with E-state index in [4.69, 9.17) is 15.8 Å². The molecule has 0 aliphatic rings. The summed E-state index contributed by atoms with van der Waals surface area (Å²) in [4.78, 5) is 18.1. The Morgan fingerprint density at radius 2 is 2.00 bits per heavy atom. The third kappa shape index (κ3) is 3.73. The number of H-pyrrole nitrogens is 1. The Kier molecular flexibility index (Phi) is 4.75. The van der Waals surface area contributed by atoms with Crippen LogP contribution in [0.25, 0.3) is 11.0 Å². The number of benzene rings is 2. The van der Waals surface area contributed by atoms with E-state index in [0.29, 0.717) is 21.6 Å². The van der Waals surface area contributed by atoms with Crippen molar-refractivity contribution in [1.29, 1.82) is 0 Å². The highest BCUT2D eigenvalue weighted by atomic mass is 35.5. The molecular weight excluding hydrogens is 382 g/mol. The number of imidazole rings is 1. The van der Waals surface area contributed by atoms with E-state index in [1.54, 1.807) is 19.1 Å². The van der Waals surface area contributed by atoms with Gasteiger partial charge in [0.2, 0.25) is 5.95 Å². The fraction of sp³-hybridized carbons (Fsp3) is 0.125. The first-order valence-electron chi connectivity index (χ1n) is 7.34. The summed E-state index contributed by atoms with van der Waals surface area (Å²) in [6, 6.07) is 8.87. The van der Waals surface area contributed by atoms with E-state index in [9.17, 15) is 13.2 Å². The maximum Gasteiger partial charge on any atom is 0.413 e.